The molecular weight excluding hydrogens is 268 g/mol. The minimum atomic E-state index is -2.88. The predicted molar refractivity (Wildman–Crippen MR) is 74.6 cm³/mol. The van der Waals surface area contributed by atoms with Crippen molar-refractivity contribution in [2.75, 3.05) is 20.4 Å². The van der Waals surface area contributed by atoms with E-state index < -0.39 is 17.1 Å². The van der Waals surface area contributed by atoms with E-state index in [0.717, 1.165) is 6.42 Å². The fourth-order valence-corrected chi connectivity index (χ4v) is 6.60. The largest absolute Gasteiger partial charge is 0.529 e. The van der Waals surface area contributed by atoms with Crippen LogP contribution in [0.2, 0.25) is 19.6 Å². The molecule has 0 aliphatic heterocycles. The van der Waals surface area contributed by atoms with Crippen LogP contribution in [0.15, 0.2) is 0 Å². The van der Waals surface area contributed by atoms with Crippen molar-refractivity contribution >= 4 is 23.1 Å². The molecule has 0 fully saturated rings. The summed E-state index contributed by atoms with van der Waals surface area (Å²) in [4.78, 5) is 11.7. The number of rotatable bonds is 8. The fraction of sp³-hybridized carbons (Fsp3) is 0.909. The summed E-state index contributed by atoms with van der Waals surface area (Å²) in [6.07, 6.45) is 0.829. The summed E-state index contributed by atoms with van der Waals surface area (Å²) >= 11 is 0. The van der Waals surface area contributed by atoms with Crippen LogP contribution in [0.25, 0.3) is 0 Å². The van der Waals surface area contributed by atoms with Crippen molar-refractivity contribution in [1.82, 2.24) is 0 Å². The number of esters is 1. The molecule has 0 bridgehead atoms. The lowest BCUT2D eigenvalue weighted by atomic mass is 10.1. The number of hydrogen-bond acceptors (Lipinski definition) is 5. The smallest absolute Gasteiger partial charge is 0.461 e. The predicted octanol–water partition coefficient (Wildman–Crippen LogP) is 2.20. The first-order chi connectivity index (χ1) is 8.19. The van der Waals surface area contributed by atoms with Crippen molar-refractivity contribution in [1.29, 1.82) is 0 Å². The van der Waals surface area contributed by atoms with E-state index >= 15 is 0 Å². The second-order valence-corrected chi connectivity index (χ2v) is 12.7. The normalized spacial score (nSPS) is 14.4. The second-order valence-electron chi connectivity index (χ2n) is 5.22. The van der Waals surface area contributed by atoms with Gasteiger partial charge in [-0.15, -0.1) is 0 Å². The Balaban J connectivity index is 4.58. The van der Waals surface area contributed by atoms with E-state index in [0.29, 0.717) is 0 Å². The topological polar surface area (TPSA) is 54.0 Å². The SMILES string of the molecule is CCC(C)C(=O)OC[Si](OC)(OC)O[Si](C)(C)C. The third kappa shape index (κ3) is 6.10. The van der Waals surface area contributed by atoms with E-state index in [9.17, 15) is 4.79 Å². The molecule has 108 valence electrons. The van der Waals surface area contributed by atoms with Crippen LogP contribution in [0.1, 0.15) is 20.3 Å². The molecule has 0 aromatic heterocycles. The quantitative estimate of drug-likeness (QED) is 0.507. The van der Waals surface area contributed by atoms with Crippen LogP contribution in [0.5, 0.6) is 0 Å². The first-order valence-corrected chi connectivity index (χ1v) is 11.5. The lowest BCUT2D eigenvalue weighted by molar-refractivity contribution is -0.147. The van der Waals surface area contributed by atoms with Crippen LogP contribution in [0, 0.1) is 5.92 Å². The van der Waals surface area contributed by atoms with Gasteiger partial charge < -0.3 is 17.7 Å². The zero-order valence-corrected chi connectivity index (χ0v) is 14.5. The summed E-state index contributed by atoms with van der Waals surface area (Å²) in [7, 11) is -1.63. The highest BCUT2D eigenvalue weighted by Gasteiger charge is 2.45. The minimum Gasteiger partial charge on any atom is -0.461 e. The third-order valence-corrected chi connectivity index (χ3v) is 7.93. The Kier molecular flexibility index (Phi) is 7.30. The monoisotopic (exact) mass is 294 g/mol. The Bertz CT molecular complexity index is 261. The highest BCUT2D eigenvalue weighted by atomic mass is 28.5. The van der Waals surface area contributed by atoms with Crippen molar-refractivity contribution in [3.63, 3.8) is 0 Å². The van der Waals surface area contributed by atoms with E-state index in [1.54, 1.807) is 0 Å². The molecule has 1 atom stereocenters. The maximum Gasteiger partial charge on any atom is 0.529 e. The van der Waals surface area contributed by atoms with Gasteiger partial charge in [-0.05, 0) is 26.1 Å². The van der Waals surface area contributed by atoms with E-state index in [4.69, 9.17) is 17.7 Å². The molecule has 0 amide bonds. The summed E-state index contributed by atoms with van der Waals surface area (Å²) in [6.45, 7) is 9.92. The Morgan fingerprint density at radius 3 is 2.00 bits per heavy atom. The van der Waals surface area contributed by atoms with Crippen LogP contribution >= 0.6 is 0 Å². The zero-order valence-electron chi connectivity index (χ0n) is 12.5. The van der Waals surface area contributed by atoms with Crippen molar-refractivity contribution in [3.8, 4) is 0 Å². The summed E-state index contributed by atoms with van der Waals surface area (Å²) in [5, 5.41) is 0. The minimum absolute atomic E-state index is 0.0768. The lowest BCUT2D eigenvalue weighted by Crippen LogP contribution is -2.55. The molecule has 1 unspecified atom stereocenters. The molecule has 0 radical (unpaired) electrons. The highest BCUT2D eigenvalue weighted by molar-refractivity contribution is 6.79. The van der Waals surface area contributed by atoms with Crippen LogP contribution in [-0.2, 0) is 22.5 Å². The molecule has 0 N–H and O–H groups in total. The first kappa shape index (κ1) is 17.8. The summed E-state index contributed by atoms with van der Waals surface area (Å²) in [5.41, 5.74) is 0. The van der Waals surface area contributed by atoms with E-state index in [2.05, 4.69) is 0 Å². The zero-order chi connectivity index (χ0) is 14.4. The average molecular weight is 294 g/mol. The van der Waals surface area contributed by atoms with E-state index in [1.165, 1.54) is 14.2 Å². The number of ether oxygens (including phenoxy) is 1. The molecule has 0 aromatic rings. The van der Waals surface area contributed by atoms with Crippen LogP contribution in [0.3, 0.4) is 0 Å². The van der Waals surface area contributed by atoms with Crippen molar-refractivity contribution in [2.45, 2.75) is 39.9 Å². The van der Waals surface area contributed by atoms with Crippen molar-refractivity contribution in [2.24, 2.45) is 5.92 Å². The van der Waals surface area contributed by atoms with Crippen molar-refractivity contribution in [3.05, 3.63) is 0 Å². The molecule has 0 aromatic carbocycles. The van der Waals surface area contributed by atoms with Crippen LogP contribution < -0.4 is 0 Å². The first-order valence-electron chi connectivity index (χ1n) is 6.16. The van der Waals surface area contributed by atoms with Crippen LogP contribution in [-0.4, -0.2) is 43.5 Å². The number of carbonyl (C=O) groups is 1. The summed E-state index contributed by atoms with van der Waals surface area (Å²) in [6, 6.07) is 0. The van der Waals surface area contributed by atoms with Gasteiger partial charge in [-0.1, -0.05) is 13.8 Å². The van der Waals surface area contributed by atoms with E-state index in [1.807, 2.05) is 33.5 Å². The van der Waals surface area contributed by atoms with Gasteiger partial charge >= 0.3 is 14.8 Å². The van der Waals surface area contributed by atoms with Gasteiger partial charge in [0.05, 0.1) is 5.92 Å². The van der Waals surface area contributed by atoms with Gasteiger partial charge in [0.25, 0.3) is 0 Å². The van der Waals surface area contributed by atoms with E-state index in [-0.39, 0.29) is 18.1 Å². The molecule has 0 spiro atoms. The lowest BCUT2D eigenvalue weighted by Gasteiger charge is -2.32. The van der Waals surface area contributed by atoms with Gasteiger partial charge in [-0.2, -0.15) is 0 Å². The van der Waals surface area contributed by atoms with Gasteiger partial charge in [0.2, 0.25) is 0 Å². The van der Waals surface area contributed by atoms with Gasteiger partial charge in [0.1, 0.15) is 0 Å². The molecule has 0 heterocycles. The molecule has 18 heavy (non-hydrogen) atoms. The Morgan fingerprint density at radius 2 is 1.67 bits per heavy atom. The van der Waals surface area contributed by atoms with Crippen molar-refractivity contribution < 1.29 is 22.5 Å². The Morgan fingerprint density at radius 1 is 1.17 bits per heavy atom. The fourth-order valence-electron chi connectivity index (χ4n) is 1.25. The highest BCUT2D eigenvalue weighted by Crippen LogP contribution is 2.17. The molecular formula is C11H26O5Si2. The van der Waals surface area contributed by atoms with Gasteiger partial charge in [-0.25, -0.2) is 0 Å². The molecule has 0 rings (SSSR count). The molecule has 0 saturated heterocycles. The third-order valence-electron chi connectivity index (χ3n) is 2.49. The van der Waals surface area contributed by atoms with Crippen LogP contribution in [0.4, 0.5) is 0 Å². The maximum absolute atomic E-state index is 11.7. The number of hydrogen-bond donors (Lipinski definition) is 0. The Hall–Kier alpha value is -0.216. The molecule has 0 aliphatic rings. The molecule has 5 nitrogen and oxygen atoms in total. The number of carbonyl (C=O) groups excluding carboxylic acids is 1. The molecule has 0 saturated carbocycles. The van der Waals surface area contributed by atoms with Gasteiger partial charge in [-0.3, -0.25) is 4.79 Å². The maximum atomic E-state index is 11.7. The van der Waals surface area contributed by atoms with Gasteiger partial charge in [0, 0.05) is 14.2 Å². The summed E-state index contributed by atoms with van der Waals surface area (Å²) in [5.74, 6) is -0.347. The summed E-state index contributed by atoms with van der Waals surface area (Å²) < 4.78 is 22.0. The standard InChI is InChI=1S/C11H26O5Si2/c1-8-10(2)11(12)15-9-18(13-3,14-4)16-17(5,6)7/h10H,8-9H2,1-7H3. The Labute approximate surface area is 112 Å². The molecule has 7 heteroatoms. The second kappa shape index (κ2) is 7.39. The molecule has 0 aliphatic carbocycles. The average Bonchev–Trinajstić information content (AvgIpc) is 2.31. The van der Waals surface area contributed by atoms with Gasteiger partial charge in [0.15, 0.2) is 14.5 Å².